The van der Waals surface area contributed by atoms with E-state index in [1.165, 1.54) is 0 Å². The van der Waals surface area contributed by atoms with Crippen LogP contribution in [-0.2, 0) is 6.54 Å². The lowest BCUT2D eigenvalue weighted by atomic mass is 10.1. The Balaban J connectivity index is 2.01. The molecule has 0 radical (unpaired) electrons. The molecule has 0 unspecified atom stereocenters. The monoisotopic (exact) mass is 245 g/mol. The highest BCUT2D eigenvalue weighted by atomic mass is 16.5. The molecule has 1 atom stereocenters. The molecule has 0 spiro atoms. The molecule has 4 heteroatoms. The first-order valence-corrected chi connectivity index (χ1v) is 6.07. The van der Waals surface area contributed by atoms with Crippen molar-refractivity contribution < 1.29 is 4.74 Å². The highest BCUT2D eigenvalue weighted by Gasteiger charge is 2.10. The first-order valence-electron chi connectivity index (χ1n) is 6.07. The van der Waals surface area contributed by atoms with Gasteiger partial charge in [0.25, 0.3) is 0 Å². The van der Waals surface area contributed by atoms with Crippen LogP contribution in [0.15, 0.2) is 30.5 Å². The Morgan fingerprint density at radius 1 is 1.39 bits per heavy atom. The lowest BCUT2D eigenvalue weighted by Crippen LogP contribution is -2.18. The number of para-hydroxylation sites is 1. The summed E-state index contributed by atoms with van der Waals surface area (Å²) in [5, 5.41) is 3.45. The second kappa shape index (κ2) is 5.69. The maximum absolute atomic E-state index is 5.36. The zero-order chi connectivity index (χ0) is 13.0. The smallest absolute Gasteiger partial charge is 0.123 e. The molecule has 1 aromatic carbocycles. The average molecular weight is 245 g/mol. The van der Waals surface area contributed by atoms with Crippen LogP contribution < -0.4 is 10.1 Å². The SMILES string of the molecule is COc1ccccc1[C@@H](C)NCc1cnc(C)[nH]1. The first-order chi connectivity index (χ1) is 8.70. The lowest BCUT2D eigenvalue weighted by Gasteiger charge is -2.16. The molecule has 2 aromatic rings. The van der Waals surface area contributed by atoms with Crippen LogP contribution in [-0.4, -0.2) is 17.1 Å². The van der Waals surface area contributed by atoms with Crippen LogP contribution in [0.5, 0.6) is 5.75 Å². The van der Waals surface area contributed by atoms with Crippen molar-refractivity contribution in [2.24, 2.45) is 0 Å². The number of imidazole rings is 1. The molecule has 96 valence electrons. The van der Waals surface area contributed by atoms with Crippen LogP contribution in [0.25, 0.3) is 0 Å². The highest BCUT2D eigenvalue weighted by molar-refractivity contribution is 5.35. The molecule has 0 aliphatic carbocycles. The number of H-pyrrole nitrogens is 1. The van der Waals surface area contributed by atoms with Gasteiger partial charge in [0.05, 0.1) is 7.11 Å². The van der Waals surface area contributed by atoms with Gasteiger partial charge in [0.2, 0.25) is 0 Å². The van der Waals surface area contributed by atoms with E-state index in [0.717, 1.165) is 29.4 Å². The molecule has 0 saturated carbocycles. The van der Waals surface area contributed by atoms with Crippen molar-refractivity contribution in [3.63, 3.8) is 0 Å². The predicted octanol–water partition coefficient (Wildman–Crippen LogP) is 2.58. The molecule has 2 N–H and O–H groups in total. The highest BCUT2D eigenvalue weighted by Crippen LogP contribution is 2.24. The summed E-state index contributed by atoms with van der Waals surface area (Å²) in [5.41, 5.74) is 2.26. The van der Waals surface area contributed by atoms with E-state index in [0.29, 0.717) is 0 Å². The van der Waals surface area contributed by atoms with Gasteiger partial charge in [0.15, 0.2) is 0 Å². The van der Waals surface area contributed by atoms with Crippen LogP contribution in [0.4, 0.5) is 0 Å². The molecule has 0 saturated heterocycles. The number of aromatic amines is 1. The van der Waals surface area contributed by atoms with E-state index in [1.807, 2.05) is 31.3 Å². The Bertz CT molecular complexity index is 507. The van der Waals surface area contributed by atoms with Gasteiger partial charge >= 0.3 is 0 Å². The zero-order valence-electron chi connectivity index (χ0n) is 11.0. The predicted molar refractivity (Wildman–Crippen MR) is 71.6 cm³/mol. The average Bonchev–Trinajstić information content (AvgIpc) is 2.81. The number of rotatable bonds is 5. The quantitative estimate of drug-likeness (QED) is 0.851. The third-order valence-electron chi connectivity index (χ3n) is 2.96. The van der Waals surface area contributed by atoms with Gasteiger partial charge in [-0.15, -0.1) is 0 Å². The minimum atomic E-state index is 0.227. The summed E-state index contributed by atoms with van der Waals surface area (Å²) >= 11 is 0. The van der Waals surface area contributed by atoms with Gasteiger partial charge in [-0.3, -0.25) is 0 Å². The summed E-state index contributed by atoms with van der Waals surface area (Å²) in [4.78, 5) is 7.39. The van der Waals surface area contributed by atoms with E-state index in [2.05, 4.69) is 28.3 Å². The zero-order valence-corrected chi connectivity index (χ0v) is 11.0. The molecule has 0 bridgehead atoms. The minimum absolute atomic E-state index is 0.227. The Hall–Kier alpha value is -1.81. The van der Waals surface area contributed by atoms with Crippen molar-refractivity contribution in [2.45, 2.75) is 26.4 Å². The van der Waals surface area contributed by atoms with Crippen LogP contribution in [0, 0.1) is 6.92 Å². The maximum Gasteiger partial charge on any atom is 0.123 e. The van der Waals surface area contributed by atoms with E-state index < -0.39 is 0 Å². The summed E-state index contributed by atoms with van der Waals surface area (Å²) in [5.74, 6) is 1.86. The van der Waals surface area contributed by atoms with Crippen LogP contribution in [0.3, 0.4) is 0 Å². The molecule has 1 heterocycles. The minimum Gasteiger partial charge on any atom is -0.496 e. The van der Waals surface area contributed by atoms with Gasteiger partial charge in [-0.1, -0.05) is 18.2 Å². The summed E-state index contributed by atoms with van der Waals surface area (Å²) in [6, 6.07) is 8.29. The number of benzene rings is 1. The van der Waals surface area contributed by atoms with E-state index in [4.69, 9.17) is 4.74 Å². The topological polar surface area (TPSA) is 49.9 Å². The summed E-state index contributed by atoms with van der Waals surface area (Å²) in [6.07, 6.45) is 1.86. The van der Waals surface area contributed by atoms with Gasteiger partial charge < -0.3 is 15.0 Å². The number of nitrogens with zero attached hydrogens (tertiary/aromatic N) is 1. The summed E-state index contributed by atoms with van der Waals surface area (Å²) in [7, 11) is 1.70. The van der Waals surface area contributed by atoms with E-state index in [9.17, 15) is 0 Å². The summed E-state index contributed by atoms with van der Waals surface area (Å²) in [6.45, 7) is 4.84. The number of aromatic nitrogens is 2. The van der Waals surface area contributed by atoms with Crippen LogP contribution >= 0.6 is 0 Å². The number of hydrogen-bond donors (Lipinski definition) is 2. The van der Waals surface area contributed by atoms with Gasteiger partial charge in [0.1, 0.15) is 11.6 Å². The van der Waals surface area contributed by atoms with Gasteiger partial charge in [-0.05, 0) is 19.9 Å². The van der Waals surface area contributed by atoms with Crippen LogP contribution in [0.1, 0.15) is 30.0 Å². The van der Waals surface area contributed by atoms with Gasteiger partial charge in [-0.2, -0.15) is 0 Å². The Morgan fingerprint density at radius 2 is 2.17 bits per heavy atom. The van der Waals surface area contributed by atoms with Crippen molar-refractivity contribution in [1.82, 2.24) is 15.3 Å². The fraction of sp³-hybridized carbons (Fsp3) is 0.357. The van der Waals surface area contributed by atoms with Crippen molar-refractivity contribution in [1.29, 1.82) is 0 Å². The van der Waals surface area contributed by atoms with Crippen molar-refractivity contribution in [2.75, 3.05) is 7.11 Å². The number of nitrogens with one attached hydrogen (secondary N) is 2. The van der Waals surface area contributed by atoms with Crippen molar-refractivity contribution in [3.05, 3.63) is 47.5 Å². The lowest BCUT2D eigenvalue weighted by molar-refractivity contribution is 0.401. The largest absolute Gasteiger partial charge is 0.496 e. The molecule has 2 rings (SSSR count). The molecular formula is C14H19N3O. The number of methoxy groups -OCH3 is 1. The molecule has 1 aromatic heterocycles. The fourth-order valence-electron chi connectivity index (χ4n) is 1.96. The molecule has 4 nitrogen and oxygen atoms in total. The first kappa shape index (κ1) is 12.6. The van der Waals surface area contributed by atoms with E-state index >= 15 is 0 Å². The Morgan fingerprint density at radius 3 is 2.83 bits per heavy atom. The normalized spacial score (nSPS) is 12.4. The maximum atomic E-state index is 5.36. The second-order valence-corrected chi connectivity index (χ2v) is 4.34. The van der Waals surface area contributed by atoms with E-state index in [-0.39, 0.29) is 6.04 Å². The molecule has 0 fully saturated rings. The molecular weight excluding hydrogens is 226 g/mol. The van der Waals surface area contributed by atoms with Crippen molar-refractivity contribution >= 4 is 0 Å². The van der Waals surface area contributed by atoms with E-state index in [1.54, 1.807) is 7.11 Å². The molecule has 0 aliphatic rings. The summed E-state index contributed by atoms with van der Waals surface area (Å²) < 4.78 is 5.36. The fourth-order valence-corrected chi connectivity index (χ4v) is 1.96. The van der Waals surface area contributed by atoms with Gasteiger partial charge in [0, 0.05) is 30.0 Å². The van der Waals surface area contributed by atoms with Gasteiger partial charge in [-0.25, -0.2) is 4.98 Å². The molecule has 18 heavy (non-hydrogen) atoms. The Labute approximate surface area is 107 Å². The van der Waals surface area contributed by atoms with Crippen molar-refractivity contribution in [3.8, 4) is 5.75 Å². The molecule has 0 aliphatic heterocycles. The number of ether oxygens (including phenoxy) is 1. The number of hydrogen-bond acceptors (Lipinski definition) is 3. The third kappa shape index (κ3) is 2.90. The molecule has 0 amide bonds. The Kier molecular flexibility index (Phi) is 3.99. The second-order valence-electron chi connectivity index (χ2n) is 4.34. The van der Waals surface area contributed by atoms with Crippen LogP contribution in [0.2, 0.25) is 0 Å². The standard InChI is InChI=1S/C14H19N3O/c1-10(13-6-4-5-7-14(13)18-3)15-8-12-9-16-11(2)17-12/h4-7,9-10,15H,8H2,1-3H3,(H,16,17)/t10-/m1/s1. The number of aryl methyl sites for hydroxylation is 1. The third-order valence-corrected chi connectivity index (χ3v) is 2.96.